The molecule has 1 aliphatic rings. The maximum absolute atomic E-state index is 6.84. The third-order valence-electron chi connectivity index (χ3n) is 6.78. The number of fused-ring (bicyclic) bond motifs is 2. The van der Waals surface area contributed by atoms with E-state index in [9.17, 15) is 0 Å². The molecule has 1 aliphatic carbocycles. The van der Waals surface area contributed by atoms with Gasteiger partial charge in [0.1, 0.15) is 11.2 Å². The van der Waals surface area contributed by atoms with E-state index >= 15 is 0 Å². The molecule has 0 unspecified atom stereocenters. The topological polar surface area (TPSA) is 26.0 Å². The van der Waals surface area contributed by atoms with E-state index in [2.05, 4.69) is 91.8 Å². The molecule has 0 atom stereocenters. The summed E-state index contributed by atoms with van der Waals surface area (Å²) in [4.78, 5) is 4.89. The summed E-state index contributed by atoms with van der Waals surface area (Å²) >= 11 is 0. The summed E-state index contributed by atoms with van der Waals surface area (Å²) in [6.45, 7) is 18.4. The van der Waals surface area contributed by atoms with Crippen molar-refractivity contribution in [3.05, 3.63) is 64.8 Å². The van der Waals surface area contributed by atoms with E-state index in [1.54, 1.807) is 0 Å². The molecule has 0 radical (unpaired) electrons. The highest BCUT2D eigenvalue weighted by Gasteiger charge is 2.36. The number of nitrogens with zero attached hydrogens (tertiary/aromatic N) is 1. The molecule has 0 amide bonds. The predicted molar refractivity (Wildman–Crippen MR) is 135 cm³/mol. The van der Waals surface area contributed by atoms with Gasteiger partial charge in [-0.05, 0) is 52.0 Å². The molecule has 2 heterocycles. The average molecular weight is 426 g/mol. The fourth-order valence-corrected chi connectivity index (χ4v) is 5.49. The minimum atomic E-state index is -0.165. The molecule has 0 bridgehead atoms. The number of rotatable bonds is 2. The van der Waals surface area contributed by atoms with Gasteiger partial charge < -0.3 is 4.42 Å². The number of hydrogen-bond acceptors (Lipinski definition) is 2. The molecular formula is C30H35NO. The van der Waals surface area contributed by atoms with Crippen molar-refractivity contribution in [3.8, 4) is 11.3 Å². The van der Waals surface area contributed by atoms with Crippen LogP contribution in [0.3, 0.4) is 0 Å². The molecule has 2 nitrogen and oxygen atoms in total. The van der Waals surface area contributed by atoms with Crippen molar-refractivity contribution in [2.45, 2.75) is 73.6 Å². The standard InChI is InChI=1S/C30H35NO/c1-28(2,3)16-18-11-13-20-23-24-21(30(7,8)22-10-9-15-31-25(20)22)14-12-19(17-29(4,5)6)27(24)32-26(18)23/h9-15H,16-17H2,1-8H3. The van der Waals surface area contributed by atoms with Crippen molar-refractivity contribution in [3.63, 3.8) is 0 Å². The highest BCUT2D eigenvalue weighted by atomic mass is 16.3. The van der Waals surface area contributed by atoms with Crippen LogP contribution in [0.2, 0.25) is 0 Å². The van der Waals surface area contributed by atoms with Gasteiger partial charge in [-0.25, -0.2) is 0 Å². The van der Waals surface area contributed by atoms with Gasteiger partial charge in [-0.1, -0.05) is 85.7 Å². The van der Waals surface area contributed by atoms with Gasteiger partial charge in [0.05, 0.1) is 5.69 Å². The van der Waals surface area contributed by atoms with Crippen molar-refractivity contribution in [2.75, 3.05) is 0 Å². The van der Waals surface area contributed by atoms with Crippen LogP contribution in [0.4, 0.5) is 0 Å². The molecule has 2 aromatic carbocycles. The Balaban J connectivity index is 1.97. The summed E-state index contributed by atoms with van der Waals surface area (Å²) in [6, 6.07) is 13.5. The van der Waals surface area contributed by atoms with E-state index in [0.29, 0.717) is 0 Å². The zero-order valence-electron chi connectivity index (χ0n) is 20.8. The van der Waals surface area contributed by atoms with Crippen LogP contribution in [-0.2, 0) is 18.3 Å². The largest absolute Gasteiger partial charge is 0.455 e. The van der Waals surface area contributed by atoms with Crippen LogP contribution in [0.5, 0.6) is 0 Å². The van der Waals surface area contributed by atoms with Crippen molar-refractivity contribution < 1.29 is 4.42 Å². The minimum Gasteiger partial charge on any atom is -0.455 e. The summed E-state index contributed by atoms with van der Waals surface area (Å²) in [5, 5.41) is 2.54. The lowest BCUT2D eigenvalue weighted by Gasteiger charge is -2.28. The fourth-order valence-electron chi connectivity index (χ4n) is 5.49. The second kappa shape index (κ2) is 6.70. The van der Waals surface area contributed by atoms with Crippen molar-refractivity contribution in [1.82, 2.24) is 4.98 Å². The molecule has 32 heavy (non-hydrogen) atoms. The maximum atomic E-state index is 6.84. The Morgan fingerprint density at radius 3 is 1.97 bits per heavy atom. The molecule has 0 fully saturated rings. The molecular weight excluding hydrogens is 390 g/mol. The predicted octanol–water partition coefficient (Wildman–Crippen LogP) is 8.46. The normalized spacial score (nSPS) is 15.4. The van der Waals surface area contributed by atoms with Crippen LogP contribution in [0.15, 0.2) is 47.0 Å². The quantitative estimate of drug-likeness (QED) is 0.322. The summed E-state index contributed by atoms with van der Waals surface area (Å²) < 4.78 is 6.84. The zero-order chi connectivity index (χ0) is 23.1. The SMILES string of the molecule is CC(C)(C)Cc1ccc2c3c1oc1c(CC(C)(C)C)ccc(c13)C(C)(C)c1cccnc1-2. The fraction of sp³-hybridized carbons (Fsp3) is 0.433. The van der Waals surface area contributed by atoms with E-state index in [4.69, 9.17) is 9.40 Å². The third-order valence-corrected chi connectivity index (χ3v) is 6.78. The van der Waals surface area contributed by atoms with Crippen LogP contribution in [0, 0.1) is 10.8 Å². The Labute approximate surface area is 192 Å². The second-order valence-electron chi connectivity index (χ2n) is 12.6. The molecule has 0 spiro atoms. The van der Waals surface area contributed by atoms with Crippen LogP contribution in [0.1, 0.15) is 77.6 Å². The number of pyridine rings is 1. The van der Waals surface area contributed by atoms with Gasteiger partial charge in [0, 0.05) is 27.9 Å². The molecule has 4 aromatic rings. The highest BCUT2D eigenvalue weighted by Crippen LogP contribution is 2.51. The first-order valence-corrected chi connectivity index (χ1v) is 11.8. The maximum Gasteiger partial charge on any atom is 0.139 e. The van der Waals surface area contributed by atoms with Crippen LogP contribution in [0.25, 0.3) is 33.2 Å². The third kappa shape index (κ3) is 3.27. The molecule has 2 heteroatoms. The van der Waals surface area contributed by atoms with Gasteiger partial charge in [0.25, 0.3) is 0 Å². The number of furan rings is 1. The Bertz CT molecular complexity index is 1360. The van der Waals surface area contributed by atoms with Crippen LogP contribution >= 0.6 is 0 Å². The first kappa shape index (κ1) is 21.2. The van der Waals surface area contributed by atoms with Crippen LogP contribution < -0.4 is 0 Å². The Morgan fingerprint density at radius 1 is 0.750 bits per heavy atom. The summed E-state index contributed by atoms with van der Waals surface area (Å²) in [5.74, 6) is 0. The summed E-state index contributed by atoms with van der Waals surface area (Å²) in [7, 11) is 0. The summed E-state index contributed by atoms with van der Waals surface area (Å²) in [6.07, 6.45) is 3.88. The number of hydrogen-bond donors (Lipinski definition) is 0. The first-order valence-electron chi connectivity index (χ1n) is 11.8. The summed E-state index contributed by atoms with van der Waals surface area (Å²) in [5.41, 5.74) is 9.81. The van der Waals surface area contributed by atoms with Crippen LogP contribution in [-0.4, -0.2) is 4.98 Å². The van der Waals surface area contributed by atoms with E-state index < -0.39 is 0 Å². The van der Waals surface area contributed by atoms with Gasteiger partial charge >= 0.3 is 0 Å². The lowest BCUT2D eigenvalue weighted by molar-refractivity contribution is 0.408. The average Bonchev–Trinajstić information content (AvgIpc) is 3.04. The van der Waals surface area contributed by atoms with E-state index in [0.717, 1.165) is 29.7 Å². The van der Waals surface area contributed by atoms with Gasteiger partial charge in [-0.2, -0.15) is 0 Å². The monoisotopic (exact) mass is 425 g/mol. The molecule has 0 aliphatic heterocycles. The van der Waals surface area contributed by atoms with Gasteiger partial charge in [-0.3, -0.25) is 4.98 Å². The Morgan fingerprint density at radius 2 is 1.34 bits per heavy atom. The molecule has 166 valence electrons. The van der Waals surface area contributed by atoms with Crippen molar-refractivity contribution in [2.24, 2.45) is 10.8 Å². The first-order chi connectivity index (χ1) is 14.9. The number of aromatic nitrogens is 1. The Kier molecular flexibility index (Phi) is 4.45. The molecule has 2 aromatic heterocycles. The van der Waals surface area contributed by atoms with Gasteiger partial charge in [0.2, 0.25) is 0 Å². The second-order valence-corrected chi connectivity index (χ2v) is 12.6. The van der Waals surface area contributed by atoms with E-state index in [1.165, 1.54) is 38.6 Å². The minimum absolute atomic E-state index is 0.165. The lowest BCUT2D eigenvalue weighted by Crippen LogP contribution is -2.20. The Hall–Kier alpha value is -2.61. The van der Waals surface area contributed by atoms with Gasteiger partial charge in [-0.15, -0.1) is 0 Å². The molecule has 0 N–H and O–H groups in total. The number of benzene rings is 2. The van der Waals surface area contributed by atoms with Gasteiger partial charge in [0.15, 0.2) is 0 Å². The molecule has 0 saturated heterocycles. The van der Waals surface area contributed by atoms with Crippen molar-refractivity contribution in [1.29, 1.82) is 0 Å². The smallest absolute Gasteiger partial charge is 0.139 e. The highest BCUT2D eigenvalue weighted by molar-refractivity contribution is 6.16. The lowest BCUT2D eigenvalue weighted by atomic mass is 9.76. The molecule has 5 rings (SSSR count). The zero-order valence-corrected chi connectivity index (χ0v) is 20.8. The van der Waals surface area contributed by atoms with Crippen molar-refractivity contribution >= 4 is 21.9 Å². The van der Waals surface area contributed by atoms with E-state index in [1.807, 2.05) is 6.20 Å². The van der Waals surface area contributed by atoms with E-state index in [-0.39, 0.29) is 16.2 Å². The molecule has 0 saturated carbocycles.